The monoisotopic (exact) mass is 330 g/mol. The van der Waals surface area contributed by atoms with E-state index in [-0.39, 0.29) is 11.5 Å². The molecule has 0 fully saturated rings. The summed E-state index contributed by atoms with van der Waals surface area (Å²) in [5.41, 5.74) is 6.02. The number of methoxy groups -OCH3 is 1. The fourth-order valence-corrected chi connectivity index (χ4v) is 2.83. The number of nitrogens with zero attached hydrogens (tertiary/aromatic N) is 3. The molecular weight excluding hydrogens is 312 g/mol. The molecule has 1 aliphatic heterocycles. The van der Waals surface area contributed by atoms with Gasteiger partial charge in [0.25, 0.3) is 0 Å². The number of hydrogen-bond donors (Lipinski definition) is 3. The van der Waals surface area contributed by atoms with Gasteiger partial charge in [0, 0.05) is 6.42 Å². The van der Waals surface area contributed by atoms with Crippen molar-refractivity contribution in [2.24, 2.45) is 5.73 Å². The van der Waals surface area contributed by atoms with Gasteiger partial charge in [-0.3, -0.25) is 15.4 Å². The summed E-state index contributed by atoms with van der Waals surface area (Å²) in [4.78, 5) is 10.7. The predicted molar refractivity (Wildman–Crippen MR) is 88.5 cm³/mol. The van der Waals surface area contributed by atoms with Gasteiger partial charge in [-0.1, -0.05) is 12.1 Å². The number of aromatic nitrogens is 2. The first-order chi connectivity index (χ1) is 11.5. The van der Waals surface area contributed by atoms with E-state index in [4.69, 9.17) is 10.5 Å². The summed E-state index contributed by atoms with van der Waals surface area (Å²) in [6.45, 7) is 0. The first-order valence-corrected chi connectivity index (χ1v) is 7.29. The molecule has 3 rings (SSSR count). The van der Waals surface area contributed by atoms with Crippen LogP contribution in [0.1, 0.15) is 5.56 Å². The highest BCUT2D eigenvalue weighted by Crippen LogP contribution is 2.35. The van der Waals surface area contributed by atoms with Crippen molar-refractivity contribution < 1.29 is 9.66 Å². The third-order valence-corrected chi connectivity index (χ3v) is 4.05. The standard InChI is InChI=1S/C15H18N6O3/c1-17-15(7-10-3-5-11(24-2)6-4-10)8-13(16)19-14-12(21(22)23)9-18-20(14)15/h3-6,8-9,17,19H,7,16H2,1-2H3. The second-order valence-electron chi connectivity index (χ2n) is 5.47. The van der Waals surface area contributed by atoms with Crippen LogP contribution in [0, 0.1) is 10.1 Å². The molecule has 1 aliphatic rings. The number of fused-ring (bicyclic) bond motifs is 1. The smallest absolute Gasteiger partial charge is 0.331 e. The zero-order valence-corrected chi connectivity index (χ0v) is 13.3. The summed E-state index contributed by atoms with van der Waals surface area (Å²) in [6, 6.07) is 7.59. The van der Waals surface area contributed by atoms with E-state index in [0.717, 1.165) is 11.3 Å². The quantitative estimate of drug-likeness (QED) is 0.555. The largest absolute Gasteiger partial charge is 0.497 e. The van der Waals surface area contributed by atoms with Gasteiger partial charge < -0.3 is 15.8 Å². The lowest BCUT2D eigenvalue weighted by Crippen LogP contribution is -2.50. The van der Waals surface area contributed by atoms with Crippen LogP contribution >= 0.6 is 0 Å². The second-order valence-corrected chi connectivity index (χ2v) is 5.47. The fourth-order valence-electron chi connectivity index (χ4n) is 2.83. The van der Waals surface area contributed by atoms with Gasteiger partial charge >= 0.3 is 5.69 Å². The third kappa shape index (κ3) is 2.54. The van der Waals surface area contributed by atoms with E-state index in [9.17, 15) is 10.1 Å². The van der Waals surface area contributed by atoms with Crippen molar-refractivity contribution in [3.05, 3.63) is 58.0 Å². The third-order valence-electron chi connectivity index (χ3n) is 4.05. The highest BCUT2D eigenvalue weighted by molar-refractivity contribution is 5.61. The van der Waals surface area contributed by atoms with Crippen LogP contribution in [-0.2, 0) is 12.1 Å². The number of nitro groups is 1. The first-order valence-electron chi connectivity index (χ1n) is 7.29. The fraction of sp³-hybridized carbons (Fsp3) is 0.267. The second kappa shape index (κ2) is 5.85. The maximum atomic E-state index is 11.2. The number of ether oxygens (including phenoxy) is 1. The van der Waals surface area contributed by atoms with Gasteiger partial charge in [0.1, 0.15) is 23.4 Å². The molecule has 0 amide bonds. The number of benzene rings is 1. The Hall–Kier alpha value is -3.07. The molecule has 2 heterocycles. The molecule has 0 bridgehead atoms. The van der Waals surface area contributed by atoms with Crippen LogP contribution in [0.5, 0.6) is 5.75 Å². The lowest BCUT2D eigenvalue weighted by Gasteiger charge is -2.35. The summed E-state index contributed by atoms with van der Waals surface area (Å²) in [6.07, 6.45) is 3.48. The highest BCUT2D eigenvalue weighted by atomic mass is 16.6. The molecule has 0 radical (unpaired) electrons. The molecule has 2 aromatic rings. The van der Waals surface area contributed by atoms with Gasteiger partial charge in [0.15, 0.2) is 0 Å². The lowest BCUT2D eigenvalue weighted by molar-refractivity contribution is -0.384. The van der Waals surface area contributed by atoms with Crippen LogP contribution in [0.3, 0.4) is 0 Å². The van der Waals surface area contributed by atoms with Gasteiger partial charge in [-0.05, 0) is 30.8 Å². The minimum atomic E-state index is -0.812. The van der Waals surface area contributed by atoms with Crippen molar-refractivity contribution >= 4 is 11.5 Å². The van der Waals surface area contributed by atoms with E-state index >= 15 is 0 Å². The van der Waals surface area contributed by atoms with E-state index in [1.807, 2.05) is 24.3 Å². The van der Waals surface area contributed by atoms with Crippen LogP contribution in [0.2, 0.25) is 0 Å². The van der Waals surface area contributed by atoms with Gasteiger partial charge in [-0.15, -0.1) is 0 Å². The molecule has 0 aliphatic carbocycles. The number of nitrogens with two attached hydrogens (primary N) is 1. The molecule has 126 valence electrons. The van der Waals surface area contributed by atoms with Crippen LogP contribution in [0.4, 0.5) is 11.5 Å². The molecule has 24 heavy (non-hydrogen) atoms. The Bertz CT molecular complexity index is 798. The van der Waals surface area contributed by atoms with Crippen molar-refractivity contribution in [2.75, 3.05) is 19.5 Å². The van der Waals surface area contributed by atoms with Crippen molar-refractivity contribution in [1.82, 2.24) is 15.1 Å². The average Bonchev–Trinajstić information content (AvgIpc) is 3.00. The molecule has 9 heteroatoms. The molecular formula is C15H18N6O3. The van der Waals surface area contributed by atoms with Crippen molar-refractivity contribution in [3.8, 4) is 5.75 Å². The number of nitrogens with one attached hydrogen (secondary N) is 2. The van der Waals surface area contributed by atoms with Crippen molar-refractivity contribution in [3.63, 3.8) is 0 Å². The minimum absolute atomic E-state index is 0.125. The highest BCUT2D eigenvalue weighted by Gasteiger charge is 2.38. The van der Waals surface area contributed by atoms with Crippen LogP contribution in [-0.4, -0.2) is 28.9 Å². The van der Waals surface area contributed by atoms with E-state index < -0.39 is 10.6 Å². The SMILES string of the molecule is CNC1(Cc2ccc(OC)cc2)C=C(N)Nc2c([N+](=O)[O-])cnn21. The Kier molecular flexibility index (Phi) is 3.86. The Labute approximate surface area is 138 Å². The Morgan fingerprint density at radius 3 is 2.75 bits per heavy atom. The molecule has 0 saturated carbocycles. The van der Waals surface area contributed by atoms with E-state index in [1.54, 1.807) is 24.9 Å². The Morgan fingerprint density at radius 2 is 2.17 bits per heavy atom. The molecule has 0 spiro atoms. The molecule has 1 aromatic carbocycles. The van der Waals surface area contributed by atoms with Crippen molar-refractivity contribution in [1.29, 1.82) is 0 Å². The number of hydrogen-bond acceptors (Lipinski definition) is 7. The zero-order chi connectivity index (χ0) is 17.3. The van der Waals surface area contributed by atoms with Gasteiger partial charge in [0.05, 0.1) is 12.0 Å². The van der Waals surface area contributed by atoms with Gasteiger partial charge in [-0.2, -0.15) is 5.10 Å². The summed E-state index contributed by atoms with van der Waals surface area (Å²) >= 11 is 0. The molecule has 9 nitrogen and oxygen atoms in total. The maximum Gasteiger partial charge on any atom is 0.331 e. The number of likely N-dealkylation sites (N-methyl/N-ethyl adjacent to an activating group) is 1. The number of rotatable bonds is 5. The molecule has 1 unspecified atom stereocenters. The molecule has 1 aromatic heterocycles. The van der Waals surface area contributed by atoms with E-state index in [0.29, 0.717) is 12.2 Å². The maximum absolute atomic E-state index is 11.2. The predicted octanol–water partition coefficient (Wildman–Crippen LogP) is 1.14. The van der Waals surface area contributed by atoms with E-state index in [2.05, 4.69) is 15.7 Å². The normalized spacial score (nSPS) is 19.2. The molecule has 0 saturated heterocycles. The van der Waals surface area contributed by atoms with Crippen molar-refractivity contribution in [2.45, 2.75) is 12.1 Å². The van der Waals surface area contributed by atoms with E-state index in [1.165, 1.54) is 6.20 Å². The van der Waals surface area contributed by atoms with Gasteiger partial charge in [-0.25, -0.2) is 4.68 Å². The summed E-state index contributed by atoms with van der Waals surface area (Å²) in [7, 11) is 3.37. The minimum Gasteiger partial charge on any atom is -0.497 e. The topological polar surface area (TPSA) is 120 Å². The molecule has 4 N–H and O–H groups in total. The summed E-state index contributed by atoms with van der Waals surface area (Å²) in [5, 5.41) is 21.4. The van der Waals surface area contributed by atoms with Crippen LogP contribution < -0.4 is 21.1 Å². The van der Waals surface area contributed by atoms with Gasteiger partial charge in [0.2, 0.25) is 5.82 Å². The average molecular weight is 330 g/mol. The zero-order valence-electron chi connectivity index (χ0n) is 13.3. The first kappa shape index (κ1) is 15.8. The number of anilines is 1. The van der Waals surface area contributed by atoms with Crippen LogP contribution in [0.25, 0.3) is 0 Å². The lowest BCUT2D eigenvalue weighted by atomic mass is 9.98. The summed E-state index contributed by atoms with van der Waals surface area (Å²) < 4.78 is 6.71. The Balaban J connectivity index is 2.04. The Morgan fingerprint density at radius 1 is 1.46 bits per heavy atom. The van der Waals surface area contributed by atoms with Crippen LogP contribution in [0.15, 0.2) is 42.4 Å². The summed E-state index contributed by atoms with van der Waals surface area (Å²) in [5.74, 6) is 1.34. The molecule has 1 atom stereocenters.